The van der Waals surface area contributed by atoms with E-state index in [4.69, 9.17) is 15.9 Å². The average Bonchev–Trinajstić information content (AvgIpc) is 2.68. The molecular weight excluding hydrogens is 325 g/mol. The Labute approximate surface area is 116 Å². The van der Waals surface area contributed by atoms with E-state index in [1.165, 1.54) is 12.3 Å². The molecule has 0 radical (unpaired) electrons. The standard InChI is InChI=1S/C10H8BrN3O3.ClH/c11-5-1-2-6(15)7-4(3-17-8(5)7)9(16)14-10(12)13;/h1-3,15H,(H4,12,13,14,16);1H. The van der Waals surface area contributed by atoms with Crippen LogP contribution < -0.4 is 11.5 Å². The molecule has 1 aromatic carbocycles. The lowest BCUT2D eigenvalue weighted by atomic mass is 10.1. The van der Waals surface area contributed by atoms with E-state index in [1.807, 2.05) is 0 Å². The van der Waals surface area contributed by atoms with Crippen molar-refractivity contribution in [2.75, 3.05) is 0 Å². The maximum absolute atomic E-state index is 11.7. The van der Waals surface area contributed by atoms with Crippen molar-refractivity contribution in [2.24, 2.45) is 16.5 Å². The summed E-state index contributed by atoms with van der Waals surface area (Å²) in [4.78, 5) is 15.0. The first-order valence-electron chi connectivity index (χ1n) is 4.53. The molecule has 1 amide bonds. The number of carbonyl (C=O) groups excluding carboxylic acids is 1. The third kappa shape index (κ3) is 2.41. The number of rotatable bonds is 1. The van der Waals surface area contributed by atoms with Gasteiger partial charge < -0.3 is 21.0 Å². The van der Waals surface area contributed by atoms with E-state index < -0.39 is 5.91 Å². The Morgan fingerprint density at radius 1 is 1.39 bits per heavy atom. The van der Waals surface area contributed by atoms with Crippen molar-refractivity contribution < 1.29 is 14.3 Å². The fraction of sp³-hybridized carbons (Fsp3) is 0. The third-order valence-corrected chi connectivity index (χ3v) is 2.74. The predicted octanol–water partition coefficient (Wildman–Crippen LogP) is 1.74. The summed E-state index contributed by atoms with van der Waals surface area (Å²) >= 11 is 3.24. The van der Waals surface area contributed by atoms with Gasteiger partial charge in [-0.05, 0) is 28.1 Å². The highest BCUT2D eigenvalue weighted by atomic mass is 79.9. The van der Waals surface area contributed by atoms with Crippen LogP contribution in [0.1, 0.15) is 10.4 Å². The number of hydrogen-bond donors (Lipinski definition) is 3. The second-order valence-corrected chi connectivity index (χ2v) is 4.12. The number of nitrogens with two attached hydrogens (primary N) is 2. The topological polar surface area (TPSA) is 115 Å². The quantitative estimate of drug-likeness (QED) is 0.543. The molecule has 1 aromatic heterocycles. The molecular formula is C10H9BrClN3O3. The third-order valence-electron chi connectivity index (χ3n) is 2.11. The molecule has 0 bridgehead atoms. The zero-order chi connectivity index (χ0) is 12.6. The van der Waals surface area contributed by atoms with Gasteiger partial charge in [0.15, 0.2) is 11.5 Å². The molecule has 0 saturated carbocycles. The van der Waals surface area contributed by atoms with Crippen LogP contribution in [0, 0.1) is 0 Å². The SMILES string of the molecule is Cl.NC(N)=NC(=O)c1coc2c(Br)ccc(O)c12. The van der Waals surface area contributed by atoms with E-state index in [2.05, 4.69) is 20.9 Å². The molecule has 2 aromatic rings. The van der Waals surface area contributed by atoms with Gasteiger partial charge in [0.1, 0.15) is 12.0 Å². The molecule has 0 unspecified atom stereocenters. The Balaban J connectivity index is 0.00000162. The van der Waals surface area contributed by atoms with E-state index in [9.17, 15) is 9.90 Å². The fourth-order valence-electron chi connectivity index (χ4n) is 1.43. The highest BCUT2D eigenvalue weighted by molar-refractivity contribution is 9.10. The Hall–Kier alpha value is -1.73. The first-order chi connectivity index (χ1) is 8.00. The lowest BCUT2D eigenvalue weighted by molar-refractivity contribution is 0.100. The van der Waals surface area contributed by atoms with Gasteiger partial charge in [-0.1, -0.05) is 0 Å². The smallest absolute Gasteiger partial charge is 0.284 e. The molecule has 0 spiro atoms. The first kappa shape index (κ1) is 14.3. The molecule has 18 heavy (non-hydrogen) atoms. The number of phenolic OH excluding ortho intramolecular Hbond substituents is 1. The second-order valence-electron chi connectivity index (χ2n) is 3.26. The average molecular weight is 335 g/mol. The summed E-state index contributed by atoms with van der Waals surface area (Å²) in [7, 11) is 0. The Morgan fingerprint density at radius 2 is 2.06 bits per heavy atom. The van der Waals surface area contributed by atoms with Gasteiger partial charge in [-0.25, -0.2) is 0 Å². The van der Waals surface area contributed by atoms with Crippen LogP contribution in [-0.4, -0.2) is 17.0 Å². The van der Waals surface area contributed by atoms with Crippen molar-refractivity contribution in [3.8, 4) is 5.75 Å². The number of hydrogen-bond acceptors (Lipinski definition) is 3. The first-order valence-corrected chi connectivity index (χ1v) is 5.32. The van der Waals surface area contributed by atoms with Crippen molar-refractivity contribution in [2.45, 2.75) is 0 Å². The summed E-state index contributed by atoms with van der Waals surface area (Å²) < 4.78 is 5.80. The summed E-state index contributed by atoms with van der Waals surface area (Å²) in [5, 5.41) is 9.98. The minimum atomic E-state index is -0.669. The van der Waals surface area contributed by atoms with Crippen LogP contribution in [0.3, 0.4) is 0 Å². The van der Waals surface area contributed by atoms with Crippen LogP contribution in [0.25, 0.3) is 11.0 Å². The molecule has 6 nitrogen and oxygen atoms in total. The molecule has 0 atom stereocenters. The summed E-state index contributed by atoms with van der Waals surface area (Å²) in [5.41, 5.74) is 10.7. The summed E-state index contributed by atoms with van der Waals surface area (Å²) in [5.74, 6) is -1.10. The van der Waals surface area contributed by atoms with Crippen LogP contribution >= 0.6 is 28.3 Å². The van der Waals surface area contributed by atoms with Gasteiger partial charge in [0.05, 0.1) is 15.4 Å². The monoisotopic (exact) mass is 333 g/mol. The van der Waals surface area contributed by atoms with Gasteiger partial charge in [0.2, 0.25) is 0 Å². The summed E-state index contributed by atoms with van der Waals surface area (Å²) in [6, 6.07) is 3.05. The number of nitrogens with zero attached hydrogens (tertiary/aromatic N) is 1. The molecule has 0 aliphatic carbocycles. The lowest BCUT2D eigenvalue weighted by Gasteiger charge is -1.98. The second kappa shape index (κ2) is 5.28. The fourth-order valence-corrected chi connectivity index (χ4v) is 1.86. The van der Waals surface area contributed by atoms with Gasteiger partial charge >= 0.3 is 0 Å². The van der Waals surface area contributed by atoms with Crippen LogP contribution in [0.5, 0.6) is 5.75 Å². The molecule has 0 saturated heterocycles. The van der Waals surface area contributed by atoms with E-state index in [1.54, 1.807) is 6.07 Å². The zero-order valence-electron chi connectivity index (χ0n) is 8.88. The van der Waals surface area contributed by atoms with Crippen LogP contribution in [0.15, 0.2) is 32.3 Å². The molecule has 0 aliphatic rings. The lowest BCUT2D eigenvalue weighted by Crippen LogP contribution is -2.24. The van der Waals surface area contributed by atoms with Crippen LogP contribution in [0.4, 0.5) is 0 Å². The Bertz CT molecular complexity index is 635. The van der Waals surface area contributed by atoms with Gasteiger partial charge in [0.25, 0.3) is 5.91 Å². The minimum absolute atomic E-state index is 0. The number of benzene rings is 1. The number of aliphatic imine (C=N–C) groups is 1. The van der Waals surface area contributed by atoms with E-state index in [0.717, 1.165) is 0 Å². The number of carbonyl (C=O) groups is 1. The summed E-state index contributed by atoms with van der Waals surface area (Å²) in [6.45, 7) is 0. The Kier molecular flexibility index (Phi) is 4.20. The normalized spacial score (nSPS) is 9.83. The molecule has 5 N–H and O–H groups in total. The highest BCUT2D eigenvalue weighted by Crippen LogP contribution is 2.35. The zero-order valence-corrected chi connectivity index (χ0v) is 11.3. The van der Waals surface area contributed by atoms with Gasteiger partial charge in [0, 0.05) is 0 Å². The van der Waals surface area contributed by atoms with Crippen molar-refractivity contribution in [1.82, 2.24) is 0 Å². The van der Waals surface area contributed by atoms with Gasteiger partial charge in [-0.3, -0.25) is 4.79 Å². The molecule has 96 valence electrons. The largest absolute Gasteiger partial charge is 0.507 e. The van der Waals surface area contributed by atoms with Crippen molar-refractivity contribution in [3.05, 3.63) is 28.4 Å². The number of halogens is 2. The van der Waals surface area contributed by atoms with Crippen molar-refractivity contribution in [3.63, 3.8) is 0 Å². The number of phenols is 1. The van der Waals surface area contributed by atoms with Gasteiger partial charge in [-0.15, -0.1) is 12.4 Å². The van der Waals surface area contributed by atoms with Gasteiger partial charge in [-0.2, -0.15) is 4.99 Å². The van der Waals surface area contributed by atoms with Crippen molar-refractivity contribution >= 4 is 51.2 Å². The van der Waals surface area contributed by atoms with E-state index in [0.29, 0.717) is 10.1 Å². The number of fused-ring (bicyclic) bond motifs is 1. The maximum atomic E-state index is 11.7. The van der Waals surface area contributed by atoms with Crippen LogP contribution in [-0.2, 0) is 0 Å². The molecule has 0 aliphatic heterocycles. The van der Waals surface area contributed by atoms with Crippen LogP contribution in [0.2, 0.25) is 0 Å². The number of furan rings is 1. The number of amides is 1. The van der Waals surface area contributed by atoms with Crippen molar-refractivity contribution in [1.29, 1.82) is 0 Å². The number of guanidine groups is 1. The molecule has 8 heteroatoms. The highest BCUT2D eigenvalue weighted by Gasteiger charge is 2.18. The number of aromatic hydroxyl groups is 1. The minimum Gasteiger partial charge on any atom is -0.507 e. The predicted molar refractivity (Wildman–Crippen MR) is 73.0 cm³/mol. The van der Waals surface area contributed by atoms with E-state index in [-0.39, 0.29) is 35.1 Å². The Morgan fingerprint density at radius 3 is 2.67 bits per heavy atom. The maximum Gasteiger partial charge on any atom is 0.284 e. The molecule has 0 fully saturated rings. The van der Waals surface area contributed by atoms with E-state index >= 15 is 0 Å². The summed E-state index contributed by atoms with van der Waals surface area (Å²) in [6.07, 6.45) is 1.20. The molecule has 2 rings (SSSR count). The molecule has 1 heterocycles.